The lowest BCUT2D eigenvalue weighted by molar-refractivity contribution is 1.06. The predicted octanol–water partition coefficient (Wildman–Crippen LogP) is 5.61. The summed E-state index contributed by atoms with van der Waals surface area (Å²) in [7, 11) is 0. The van der Waals surface area contributed by atoms with Gasteiger partial charge in [0, 0.05) is 24.0 Å². The molecule has 0 amide bonds. The minimum absolute atomic E-state index is 0.377. The summed E-state index contributed by atoms with van der Waals surface area (Å²) >= 11 is 0. The lowest BCUT2D eigenvalue weighted by Gasteiger charge is -2.12. The van der Waals surface area contributed by atoms with Crippen LogP contribution in [0.2, 0.25) is 0 Å². The Hall–Kier alpha value is -5.55. The van der Waals surface area contributed by atoms with Gasteiger partial charge in [-0.3, -0.25) is 4.57 Å². The second-order valence-corrected chi connectivity index (χ2v) is 8.65. The van der Waals surface area contributed by atoms with Crippen molar-refractivity contribution in [2.24, 2.45) is 0 Å². The summed E-state index contributed by atoms with van der Waals surface area (Å²) in [6.45, 7) is 0.561. The summed E-state index contributed by atoms with van der Waals surface area (Å²) in [5, 5.41) is 12.4. The molecule has 6 aromatic rings. The van der Waals surface area contributed by atoms with Gasteiger partial charge in [0.15, 0.2) is 11.5 Å². The summed E-state index contributed by atoms with van der Waals surface area (Å²) in [6.07, 6.45) is 1.67. The highest BCUT2D eigenvalue weighted by atomic mass is 15.1. The van der Waals surface area contributed by atoms with Gasteiger partial charge in [-0.1, -0.05) is 48.5 Å². The summed E-state index contributed by atoms with van der Waals surface area (Å²) in [4.78, 5) is 18.5. The molecule has 0 atom stereocenters. The summed E-state index contributed by atoms with van der Waals surface area (Å²) < 4.78 is 2.02. The number of hydrogen-bond acceptors (Lipinski definition) is 7. The fourth-order valence-electron chi connectivity index (χ4n) is 4.31. The van der Waals surface area contributed by atoms with Crippen molar-refractivity contribution in [1.82, 2.24) is 24.5 Å². The first-order chi connectivity index (χ1) is 18.7. The van der Waals surface area contributed by atoms with Gasteiger partial charge >= 0.3 is 0 Å². The average molecular weight is 495 g/mol. The topological polar surface area (TPSA) is 118 Å². The number of rotatable bonds is 6. The number of aromatic nitrogens is 5. The van der Waals surface area contributed by atoms with Gasteiger partial charge < -0.3 is 11.1 Å². The van der Waals surface area contributed by atoms with Gasteiger partial charge in [0.1, 0.15) is 28.9 Å². The molecule has 0 spiro atoms. The normalized spacial score (nSPS) is 10.8. The Morgan fingerprint density at radius 2 is 1.66 bits per heavy atom. The van der Waals surface area contributed by atoms with Crippen LogP contribution in [0.3, 0.4) is 0 Å². The van der Waals surface area contributed by atoms with Crippen molar-refractivity contribution in [2.75, 3.05) is 11.1 Å². The van der Waals surface area contributed by atoms with Crippen molar-refractivity contribution < 1.29 is 0 Å². The minimum Gasteiger partial charge on any atom is -0.383 e. The van der Waals surface area contributed by atoms with E-state index in [0.29, 0.717) is 29.7 Å². The Balaban J connectivity index is 1.41. The molecule has 3 N–H and O–H groups in total. The van der Waals surface area contributed by atoms with Crippen molar-refractivity contribution in [3.05, 3.63) is 115 Å². The van der Waals surface area contributed by atoms with Gasteiger partial charge in [0.2, 0.25) is 0 Å². The number of benzene rings is 2. The molecule has 2 aromatic carbocycles. The van der Waals surface area contributed by atoms with Gasteiger partial charge in [0.05, 0.1) is 11.3 Å². The summed E-state index contributed by atoms with van der Waals surface area (Å²) in [5.74, 6) is 1.73. The van der Waals surface area contributed by atoms with Crippen LogP contribution in [0.1, 0.15) is 11.3 Å². The van der Waals surface area contributed by atoms with Gasteiger partial charge in [-0.25, -0.2) is 19.9 Å². The standard InChI is InChI=1S/C30H22N8/c31-18-22-8-4-10-27(35-22)34-19-20-11-13-23(14-12-20)38-29(24-9-5-17-33-28(24)32)37-26-16-15-25(36-30(26)38)21-6-2-1-3-7-21/h1-17H,19H2,(H2,32,33)(H,34,35). The maximum absolute atomic E-state index is 9.08. The molecule has 8 nitrogen and oxygen atoms in total. The van der Waals surface area contributed by atoms with E-state index in [0.717, 1.165) is 39.2 Å². The molecule has 4 aromatic heterocycles. The number of anilines is 2. The summed E-state index contributed by atoms with van der Waals surface area (Å²) in [5.41, 5.74) is 12.7. The number of nitrogens with one attached hydrogen (secondary N) is 1. The smallest absolute Gasteiger partial charge is 0.165 e. The minimum atomic E-state index is 0.377. The number of imidazole rings is 1. The highest BCUT2D eigenvalue weighted by molar-refractivity contribution is 5.84. The van der Waals surface area contributed by atoms with Crippen LogP contribution in [0.5, 0.6) is 0 Å². The Labute approximate surface area is 219 Å². The van der Waals surface area contributed by atoms with Gasteiger partial charge in [-0.15, -0.1) is 0 Å². The molecule has 0 saturated carbocycles. The van der Waals surface area contributed by atoms with E-state index in [-0.39, 0.29) is 0 Å². The van der Waals surface area contributed by atoms with E-state index in [1.165, 1.54) is 0 Å². The third kappa shape index (κ3) is 4.40. The Bertz CT molecular complexity index is 1780. The number of hydrogen-bond donors (Lipinski definition) is 2. The number of pyridine rings is 3. The SMILES string of the molecule is N#Cc1cccc(NCc2ccc(-n3c(-c4cccnc4N)nc4ccc(-c5ccccc5)nc43)cc2)n1. The quantitative estimate of drug-likeness (QED) is 0.309. The Kier molecular flexibility index (Phi) is 5.92. The van der Waals surface area contributed by atoms with Crippen LogP contribution < -0.4 is 11.1 Å². The maximum atomic E-state index is 9.08. The molecular weight excluding hydrogens is 472 g/mol. The molecule has 0 fully saturated rings. The van der Waals surface area contributed by atoms with E-state index in [1.807, 2.05) is 95.6 Å². The van der Waals surface area contributed by atoms with E-state index >= 15 is 0 Å². The van der Waals surface area contributed by atoms with E-state index in [1.54, 1.807) is 12.3 Å². The van der Waals surface area contributed by atoms with Gasteiger partial charge in [0.25, 0.3) is 0 Å². The predicted molar refractivity (Wildman–Crippen MR) is 148 cm³/mol. The van der Waals surface area contributed by atoms with Crippen molar-refractivity contribution in [1.29, 1.82) is 5.26 Å². The Morgan fingerprint density at radius 3 is 2.45 bits per heavy atom. The number of nitrogen functional groups attached to an aromatic ring is 1. The first kappa shape index (κ1) is 22.9. The average Bonchev–Trinajstić information content (AvgIpc) is 3.35. The van der Waals surface area contributed by atoms with Crippen molar-refractivity contribution in [3.63, 3.8) is 0 Å². The second kappa shape index (κ2) is 9.84. The molecule has 6 rings (SSSR count). The van der Waals surface area contributed by atoms with Crippen LogP contribution >= 0.6 is 0 Å². The summed E-state index contributed by atoms with van der Waals surface area (Å²) in [6, 6.07) is 33.3. The molecule has 0 saturated heterocycles. The molecule has 182 valence electrons. The van der Waals surface area contributed by atoms with E-state index in [4.69, 9.17) is 21.0 Å². The van der Waals surface area contributed by atoms with Crippen molar-refractivity contribution in [3.8, 4) is 34.4 Å². The number of fused-ring (bicyclic) bond motifs is 1. The Morgan fingerprint density at radius 1 is 0.816 bits per heavy atom. The van der Waals surface area contributed by atoms with Crippen LogP contribution in [0.25, 0.3) is 39.5 Å². The molecule has 0 radical (unpaired) electrons. The van der Waals surface area contributed by atoms with Crippen molar-refractivity contribution >= 4 is 22.8 Å². The highest BCUT2D eigenvalue weighted by Gasteiger charge is 2.18. The van der Waals surface area contributed by atoms with Gasteiger partial charge in [-0.05, 0) is 54.1 Å². The third-order valence-corrected chi connectivity index (χ3v) is 6.19. The molecule has 0 aliphatic carbocycles. The lowest BCUT2D eigenvalue weighted by Crippen LogP contribution is -2.04. The number of nitrogens with two attached hydrogens (primary N) is 1. The molecule has 0 unspecified atom stereocenters. The molecule has 0 bridgehead atoms. The van der Waals surface area contributed by atoms with Crippen LogP contribution in [0.15, 0.2) is 103 Å². The third-order valence-electron chi connectivity index (χ3n) is 6.19. The van der Waals surface area contributed by atoms with E-state index < -0.39 is 0 Å². The zero-order chi connectivity index (χ0) is 25.9. The molecule has 0 aliphatic heterocycles. The zero-order valence-corrected chi connectivity index (χ0v) is 20.3. The monoisotopic (exact) mass is 494 g/mol. The van der Waals surface area contributed by atoms with Crippen LogP contribution in [0.4, 0.5) is 11.6 Å². The highest BCUT2D eigenvalue weighted by Crippen LogP contribution is 2.31. The van der Waals surface area contributed by atoms with E-state index in [9.17, 15) is 0 Å². The molecule has 8 heteroatoms. The maximum Gasteiger partial charge on any atom is 0.165 e. The lowest BCUT2D eigenvalue weighted by atomic mass is 10.1. The zero-order valence-electron chi connectivity index (χ0n) is 20.3. The second-order valence-electron chi connectivity index (χ2n) is 8.65. The van der Waals surface area contributed by atoms with Gasteiger partial charge in [-0.2, -0.15) is 5.26 Å². The fourth-order valence-corrected chi connectivity index (χ4v) is 4.31. The van der Waals surface area contributed by atoms with E-state index in [2.05, 4.69) is 21.4 Å². The first-order valence-corrected chi connectivity index (χ1v) is 12.1. The molecule has 38 heavy (non-hydrogen) atoms. The van der Waals surface area contributed by atoms with Crippen molar-refractivity contribution in [2.45, 2.75) is 6.54 Å². The van der Waals surface area contributed by atoms with Crippen LogP contribution in [0, 0.1) is 11.3 Å². The molecule has 4 heterocycles. The number of nitrogens with zero attached hydrogens (tertiary/aromatic N) is 6. The molecule has 0 aliphatic rings. The molecular formula is C30H22N8. The van der Waals surface area contributed by atoms with Crippen LogP contribution in [-0.4, -0.2) is 24.5 Å². The largest absolute Gasteiger partial charge is 0.383 e. The van der Waals surface area contributed by atoms with Crippen LogP contribution in [-0.2, 0) is 6.54 Å². The first-order valence-electron chi connectivity index (χ1n) is 12.1. The number of nitriles is 1. The fraction of sp³-hybridized carbons (Fsp3) is 0.0333.